The first-order valence-electron chi connectivity index (χ1n) is 31.5. The lowest BCUT2D eigenvalue weighted by Gasteiger charge is -2.07. The predicted octanol–water partition coefficient (Wildman–Crippen LogP) is 19.6. The zero-order valence-electron chi connectivity index (χ0n) is 52.8. The van der Waals surface area contributed by atoms with Gasteiger partial charge in [-0.05, 0) is 146 Å². The largest absolute Gasteiger partial charge is 0.440 e. The summed E-state index contributed by atoms with van der Waals surface area (Å²) in [5.74, 6) is 5.08. The summed E-state index contributed by atoms with van der Waals surface area (Å²) < 4.78 is 19.6. The molecule has 0 unspecified atom stereocenters. The van der Waals surface area contributed by atoms with Gasteiger partial charge in [0, 0.05) is 108 Å². The molecule has 7 nitrogen and oxygen atoms in total. The molecule has 446 valence electrons. The van der Waals surface area contributed by atoms with Crippen molar-refractivity contribution < 1.29 is 18.1 Å². The normalized spacial score (nSPS) is 11.2. The molecule has 8 heterocycles. The molecule has 0 aliphatic carbocycles. The minimum atomic E-state index is 0.824. The number of fused-ring (bicyclic) bond motifs is 9. The van der Waals surface area contributed by atoms with Crippen molar-refractivity contribution in [3.63, 3.8) is 0 Å². The van der Waals surface area contributed by atoms with Crippen molar-refractivity contribution in [1.82, 2.24) is 13.7 Å². The molecule has 0 aliphatic rings. The molecule has 0 radical (unpaired) electrons. The van der Waals surface area contributed by atoms with E-state index >= 15 is 0 Å². The van der Waals surface area contributed by atoms with Gasteiger partial charge in [0.1, 0.15) is 31.9 Å². The number of benzene rings is 9. The second kappa shape index (κ2) is 24.6. The number of para-hydroxylation sites is 6. The Bertz CT molecular complexity index is 5360. The number of rotatable bonds is 7. The topological polar surface area (TPSA) is 39.6 Å². The summed E-state index contributed by atoms with van der Waals surface area (Å²) in [7, 11) is 6.26. The smallest absolute Gasteiger partial charge is 0.212 e. The summed E-state index contributed by atoms with van der Waals surface area (Å²) in [5, 5.41) is 8.77. The van der Waals surface area contributed by atoms with E-state index in [0.717, 1.165) is 44.8 Å². The maximum Gasteiger partial charge on any atom is 0.212 e. The SMILES string of the molecule is Cc1ccc(-c2ccc(-n3c4ccccc4c4ccccc43)o2)cc1-c1cccc[n+]1C.Cc1ccc(-c2ccc(-n3c4ccccc4c4ccccc43)s2)cc1-c1cccc[n+]1C.Cc1ccc(C#Cn2c3ccccc3c3ccccc32)cc1-c1cccc[n+]1C. The number of nitrogens with zero attached hydrogens (tertiary/aromatic N) is 6. The minimum Gasteiger partial charge on any atom is -0.440 e. The number of hydrogen-bond acceptors (Lipinski definition) is 2. The van der Waals surface area contributed by atoms with Gasteiger partial charge in [-0.1, -0.05) is 140 Å². The number of pyridine rings is 3. The van der Waals surface area contributed by atoms with Gasteiger partial charge in [-0.3, -0.25) is 9.13 Å². The Kier molecular flexibility index (Phi) is 15.3. The van der Waals surface area contributed by atoms with Crippen LogP contribution in [0.15, 0.2) is 302 Å². The summed E-state index contributed by atoms with van der Waals surface area (Å²) in [4.78, 5) is 1.28. The molecule has 93 heavy (non-hydrogen) atoms. The van der Waals surface area contributed by atoms with Crippen LogP contribution in [0.2, 0.25) is 0 Å². The Morgan fingerprint density at radius 3 is 1.20 bits per heavy atom. The number of hydrogen-bond donors (Lipinski definition) is 0. The van der Waals surface area contributed by atoms with Crippen molar-refractivity contribution >= 4 is 76.8 Å². The first kappa shape index (κ1) is 57.8. The Morgan fingerprint density at radius 1 is 0.344 bits per heavy atom. The van der Waals surface area contributed by atoms with Crippen LogP contribution in [0, 0.1) is 32.7 Å². The maximum absolute atomic E-state index is 6.45. The summed E-state index contributed by atoms with van der Waals surface area (Å²) >= 11 is 1.84. The number of furan rings is 1. The standard InChI is InChI=1S/C29H23N2O.C29H23N2S.C27H21N2/c2*1-20-14-15-21(19-24(20)25-11-7-8-18-30(25)2)28-16-17-29(32-28)31-26-12-5-3-9-22(26)23-10-4-6-13-27(23)31;1-20-14-15-21(19-24(20)25-11-7-8-17-28(25)2)16-18-29-26-12-5-3-9-22(26)23-10-4-6-13-27(23)29/h2*3-19H,1-2H3;3-15,17,19H,1-2H3/q3*+1. The lowest BCUT2D eigenvalue weighted by Crippen LogP contribution is -2.30. The van der Waals surface area contributed by atoms with Crippen molar-refractivity contribution in [3.8, 4) is 78.4 Å². The quantitative estimate of drug-likeness (QED) is 0.116. The van der Waals surface area contributed by atoms with Crippen LogP contribution in [0.25, 0.3) is 132 Å². The third kappa shape index (κ3) is 10.8. The summed E-state index contributed by atoms with van der Waals surface area (Å²) in [6.07, 6.45) is 6.26. The fourth-order valence-electron chi connectivity index (χ4n) is 13.2. The van der Waals surface area contributed by atoms with Gasteiger partial charge in [0.15, 0.2) is 18.6 Å². The average molecular weight is 1220 g/mol. The molecule has 0 saturated heterocycles. The molecule has 9 aromatic carbocycles. The second-order valence-electron chi connectivity index (χ2n) is 23.8. The van der Waals surface area contributed by atoms with Crippen LogP contribution >= 0.6 is 11.3 Å². The van der Waals surface area contributed by atoms with Gasteiger partial charge in [0.2, 0.25) is 23.0 Å². The molecule has 0 amide bonds. The van der Waals surface area contributed by atoms with Crippen molar-refractivity contribution in [3.05, 3.63) is 320 Å². The van der Waals surface area contributed by atoms with Gasteiger partial charge >= 0.3 is 0 Å². The van der Waals surface area contributed by atoms with Gasteiger partial charge in [0.05, 0.1) is 38.7 Å². The lowest BCUT2D eigenvalue weighted by atomic mass is 10.0. The first-order valence-corrected chi connectivity index (χ1v) is 32.3. The molecule has 0 N–H and O–H groups in total. The van der Waals surface area contributed by atoms with E-state index in [-0.39, 0.29) is 0 Å². The first-order chi connectivity index (χ1) is 45.6. The Hall–Kier alpha value is -11.6. The second-order valence-corrected chi connectivity index (χ2v) is 24.9. The molecule has 0 atom stereocenters. The van der Waals surface area contributed by atoms with Crippen LogP contribution < -0.4 is 13.7 Å². The molecule has 0 saturated carbocycles. The van der Waals surface area contributed by atoms with Crippen molar-refractivity contribution in [2.24, 2.45) is 21.1 Å². The highest BCUT2D eigenvalue weighted by atomic mass is 32.1. The third-order valence-corrected chi connectivity index (χ3v) is 19.1. The van der Waals surface area contributed by atoms with Crippen LogP contribution in [0.4, 0.5) is 0 Å². The zero-order valence-corrected chi connectivity index (χ0v) is 53.6. The molecular formula is C85H67N6OS+3. The van der Waals surface area contributed by atoms with Gasteiger partial charge < -0.3 is 8.98 Å². The number of aryl methyl sites for hydroxylation is 6. The van der Waals surface area contributed by atoms with E-state index in [1.54, 1.807) is 0 Å². The molecule has 17 aromatic rings. The zero-order chi connectivity index (χ0) is 63.1. The van der Waals surface area contributed by atoms with E-state index in [1.165, 1.54) is 109 Å². The number of thiophene rings is 1. The van der Waals surface area contributed by atoms with Gasteiger partial charge in [0.25, 0.3) is 0 Å². The van der Waals surface area contributed by atoms with Gasteiger partial charge in [-0.25, -0.2) is 13.7 Å². The molecule has 17 rings (SSSR count). The maximum atomic E-state index is 6.45. The Labute approximate surface area is 545 Å². The van der Waals surface area contributed by atoms with E-state index < -0.39 is 0 Å². The molecular weight excluding hydrogens is 1150 g/mol. The Morgan fingerprint density at radius 2 is 0.731 bits per heavy atom. The van der Waals surface area contributed by atoms with Crippen molar-refractivity contribution in [1.29, 1.82) is 0 Å². The van der Waals surface area contributed by atoms with Crippen molar-refractivity contribution in [2.75, 3.05) is 0 Å². The van der Waals surface area contributed by atoms with E-state index in [4.69, 9.17) is 4.42 Å². The van der Waals surface area contributed by atoms with E-state index in [2.05, 4.69) is 367 Å². The van der Waals surface area contributed by atoms with Crippen molar-refractivity contribution in [2.45, 2.75) is 20.8 Å². The highest BCUT2D eigenvalue weighted by Gasteiger charge is 2.20. The van der Waals surface area contributed by atoms with Crippen LogP contribution in [0.5, 0.6) is 0 Å². The van der Waals surface area contributed by atoms with E-state index in [1.807, 2.05) is 23.5 Å². The fourth-order valence-corrected chi connectivity index (χ4v) is 14.2. The highest BCUT2D eigenvalue weighted by Crippen LogP contribution is 2.40. The van der Waals surface area contributed by atoms with Crippen LogP contribution in [0.1, 0.15) is 22.3 Å². The van der Waals surface area contributed by atoms with Crippen LogP contribution in [-0.4, -0.2) is 13.7 Å². The highest BCUT2D eigenvalue weighted by molar-refractivity contribution is 7.18. The third-order valence-electron chi connectivity index (χ3n) is 18.0. The Balaban J connectivity index is 0.000000116. The summed E-state index contributed by atoms with van der Waals surface area (Å²) in [5.41, 5.74) is 21.5. The predicted molar refractivity (Wildman–Crippen MR) is 385 cm³/mol. The van der Waals surface area contributed by atoms with Crippen LogP contribution in [-0.2, 0) is 21.1 Å². The summed E-state index contributed by atoms with van der Waals surface area (Å²) in [6, 6.07) is 102. The van der Waals surface area contributed by atoms with Gasteiger partial charge in [-0.15, -0.1) is 11.3 Å². The molecule has 8 aromatic heterocycles. The van der Waals surface area contributed by atoms with E-state index in [9.17, 15) is 0 Å². The molecule has 0 fully saturated rings. The monoisotopic (exact) mass is 1220 g/mol. The minimum absolute atomic E-state index is 0.824. The molecule has 0 bridgehead atoms. The lowest BCUT2D eigenvalue weighted by molar-refractivity contribution is -0.660. The van der Waals surface area contributed by atoms with E-state index in [0.29, 0.717) is 0 Å². The molecule has 0 spiro atoms. The fraction of sp³-hybridized carbons (Fsp3) is 0.0706. The van der Waals surface area contributed by atoms with Gasteiger partial charge in [-0.2, -0.15) is 0 Å². The average Bonchev–Trinajstić information content (AvgIpc) is 1.66. The molecule has 8 heteroatoms. The number of aromatic nitrogens is 6. The molecule has 0 aliphatic heterocycles. The van der Waals surface area contributed by atoms with Crippen LogP contribution in [0.3, 0.4) is 0 Å². The summed E-state index contributed by atoms with van der Waals surface area (Å²) in [6.45, 7) is 6.48.